The number of benzene rings is 1. The van der Waals surface area contributed by atoms with Gasteiger partial charge >= 0.3 is 6.09 Å². The maximum Gasteiger partial charge on any atom is 0.407 e. The van der Waals surface area contributed by atoms with Gasteiger partial charge in [-0.25, -0.2) is 9.78 Å². The Labute approximate surface area is 188 Å². The van der Waals surface area contributed by atoms with Crippen molar-refractivity contribution in [1.82, 2.24) is 14.9 Å². The van der Waals surface area contributed by atoms with Gasteiger partial charge in [-0.3, -0.25) is 0 Å². The summed E-state index contributed by atoms with van der Waals surface area (Å²) in [7, 11) is 0. The monoisotopic (exact) mass is 489 g/mol. The summed E-state index contributed by atoms with van der Waals surface area (Å²) >= 11 is 3.70. The first-order chi connectivity index (χ1) is 14.8. The van der Waals surface area contributed by atoms with Gasteiger partial charge < -0.3 is 30.9 Å². The van der Waals surface area contributed by atoms with Crippen molar-refractivity contribution < 1.29 is 19.4 Å². The van der Waals surface area contributed by atoms with Gasteiger partial charge in [-0.1, -0.05) is 15.9 Å². The second kappa shape index (κ2) is 8.26. The molecule has 31 heavy (non-hydrogen) atoms. The number of aromatic nitrogens is 2. The van der Waals surface area contributed by atoms with Crippen molar-refractivity contribution in [3.63, 3.8) is 0 Å². The number of hydrogen-bond donors (Lipinski definition) is 3. The first kappa shape index (κ1) is 21.2. The Bertz CT molecular complexity index is 1050. The Hall–Kier alpha value is -3.01. The summed E-state index contributed by atoms with van der Waals surface area (Å²) in [6, 6.07) is 3.96. The molecule has 9 nitrogen and oxygen atoms in total. The van der Waals surface area contributed by atoms with Gasteiger partial charge in [0.15, 0.2) is 11.5 Å². The van der Waals surface area contributed by atoms with E-state index in [1.165, 1.54) is 4.90 Å². The standard InChI is InChI=1S/C21H24BrN5O4/c1-2-30-16-9-12(7-13-11-25-19(24)26-18(13)23)8-14-15(22)10-21(31-17(14)16)3-5-27(6-4-21)20(28)29/h8-11H,2-7H2,1H3,(H,28,29)(H4,23,24,25,26). The summed E-state index contributed by atoms with van der Waals surface area (Å²) in [5.41, 5.74) is 13.6. The van der Waals surface area contributed by atoms with Gasteiger partial charge in [0.1, 0.15) is 11.4 Å². The number of carboxylic acid groups (broad SMARTS) is 1. The molecule has 164 valence electrons. The number of halogens is 1. The molecule has 0 radical (unpaired) electrons. The van der Waals surface area contributed by atoms with Crippen LogP contribution in [0, 0.1) is 0 Å². The van der Waals surface area contributed by atoms with Crippen molar-refractivity contribution in [3.8, 4) is 11.5 Å². The minimum Gasteiger partial charge on any atom is -0.490 e. The number of carbonyl (C=O) groups is 1. The predicted molar refractivity (Wildman–Crippen MR) is 120 cm³/mol. The Kier molecular flexibility index (Phi) is 5.65. The van der Waals surface area contributed by atoms with E-state index in [2.05, 4.69) is 25.9 Å². The molecule has 1 fully saturated rings. The maximum absolute atomic E-state index is 11.3. The second-order valence-corrected chi connectivity index (χ2v) is 8.50. The summed E-state index contributed by atoms with van der Waals surface area (Å²) < 4.78 is 13.3. The molecular weight excluding hydrogens is 466 g/mol. The Balaban J connectivity index is 1.67. The highest BCUT2D eigenvalue weighted by atomic mass is 79.9. The van der Waals surface area contributed by atoms with E-state index in [-0.39, 0.29) is 5.95 Å². The first-order valence-corrected chi connectivity index (χ1v) is 10.8. The lowest BCUT2D eigenvalue weighted by molar-refractivity contribution is 0.0376. The Morgan fingerprint density at radius 3 is 2.74 bits per heavy atom. The number of piperidine rings is 1. The lowest BCUT2D eigenvalue weighted by Gasteiger charge is -2.42. The largest absolute Gasteiger partial charge is 0.490 e. The minimum absolute atomic E-state index is 0.139. The maximum atomic E-state index is 11.3. The van der Waals surface area contributed by atoms with Crippen LogP contribution in [0.4, 0.5) is 16.6 Å². The average molecular weight is 490 g/mol. The molecule has 2 aromatic rings. The van der Waals surface area contributed by atoms with Gasteiger partial charge in [-0.05, 0) is 30.7 Å². The number of amides is 1. The fourth-order valence-corrected chi connectivity index (χ4v) is 4.67. The summed E-state index contributed by atoms with van der Waals surface area (Å²) in [5, 5.41) is 9.25. The zero-order valence-corrected chi connectivity index (χ0v) is 18.7. The molecular formula is C21H24BrN5O4. The van der Waals surface area contributed by atoms with E-state index < -0.39 is 11.7 Å². The number of hydrogen-bond acceptors (Lipinski definition) is 7. The molecule has 1 amide bonds. The molecule has 0 aliphatic carbocycles. The highest BCUT2D eigenvalue weighted by Gasteiger charge is 2.40. The van der Waals surface area contributed by atoms with Crippen LogP contribution in [0.5, 0.6) is 11.5 Å². The lowest BCUT2D eigenvalue weighted by Crippen LogP contribution is -2.49. The average Bonchev–Trinajstić information content (AvgIpc) is 2.71. The zero-order chi connectivity index (χ0) is 22.2. The van der Waals surface area contributed by atoms with Crippen LogP contribution in [0.25, 0.3) is 4.48 Å². The highest BCUT2D eigenvalue weighted by Crippen LogP contribution is 2.48. The summed E-state index contributed by atoms with van der Waals surface area (Å²) in [6.07, 6.45) is 4.41. The molecule has 2 aliphatic rings. The molecule has 5 N–H and O–H groups in total. The van der Waals surface area contributed by atoms with Crippen LogP contribution in [0.15, 0.2) is 24.4 Å². The molecule has 10 heteroatoms. The van der Waals surface area contributed by atoms with Crippen molar-refractivity contribution in [1.29, 1.82) is 0 Å². The smallest absolute Gasteiger partial charge is 0.407 e. The summed E-state index contributed by atoms with van der Waals surface area (Å²) in [6.45, 7) is 3.23. The lowest BCUT2D eigenvalue weighted by atomic mass is 9.87. The fraction of sp³-hybridized carbons (Fsp3) is 0.381. The van der Waals surface area contributed by atoms with Crippen LogP contribution in [0.1, 0.15) is 36.5 Å². The molecule has 2 aliphatic heterocycles. The van der Waals surface area contributed by atoms with Gasteiger partial charge in [0.2, 0.25) is 5.95 Å². The molecule has 0 atom stereocenters. The Morgan fingerprint density at radius 2 is 2.10 bits per heavy atom. The van der Waals surface area contributed by atoms with Crippen molar-refractivity contribution >= 4 is 38.3 Å². The third-order valence-electron chi connectivity index (χ3n) is 5.56. The van der Waals surface area contributed by atoms with Gasteiger partial charge in [0.05, 0.1) is 6.61 Å². The fourth-order valence-electron chi connectivity index (χ4n) is 3.96. The molecule has 0 bridgehead atoms. The molecule has 3 heterocycles. The molecule has 1 aromatic carbocycles. The van der Waals surface area contributed by atoms with Gasteiger partial charge in [-0.2, -0.15) is 4.98 Å². The van der Waals surface area contributed by atoms with Gasteiger partial charge in [0.25, 0.3) is 0 Å². The number of anilines is 2. The number of nitrogen functional groups attached to an aromatic ring is 2. The topological polar surface area (TPSA) is 137 Å². The van der Waals surface area contributed by atoms with E-state index in [0.29, 0.717) is 56.3 Å². The first-order valence-electron chi connectivity index (χ1n) is 10.0. The summed E-state index contributed by atoms with van der Waals surface area (Å²) in [5.74, 6) is 1.78. The SMILES string of the molecule is CCOc1cc(Cc2cnc(N)nc2N)cc2c1OC1(C=C2Br)CCN(C(=O)O)CC1. The van der Waals surface area contributed by atoms with E-state index >= 15 is 0 Å². The van der Waals surface area contributed by atoms with Crippen LogP contribution in [-0.4, -0.2) is 51.4 Å². The van der Waals surface area contributed by atoms with Crippen LogP contribution in [0.3, 0.4) is 0 Å². The van der Waals surface area contributed by atoms with Crippen molar-refractivity contribution in [2.45, 2.75) is 31.8 Å². The van der Waals surface area contributed by atoms with E-state index in [1.807, 2.05) is 25.1 Å². The number of fused-ring (bicyclic) bond motifs is 1. The van der Waals surface area contributed by atoms with Crippen molar-refractivity contribution in [2.24, 2.45) is 0 Å². The third kappa shape index (κ3) is 4.25. The van der Waals surface area contributed by atoms with Crippen LogP contribution >= 0.6 is 15.9 Å². The predicted octanol–water partition coefficient (Wildman–Crippen LogP) is 3.27. The normalized spacial score (nSPS) is 17.0. The highest BCUT2D eigenvalue weighted by molar-refractivity contribution is 9.15. The second-order valence-electron chi connectivity index (χ2n) is 7.65. The van der Waals surface area contributed by atoms with Gasteiger partial charge in [0, 0.05) is 54.2 Å². The Morgan fingerprint density at radius 1 is 1.35 bits per heavy atom. The number of ether oxygens (including phenoxy) is 2. The molecule has 4 rings (SSSR count). The quantitative estimate of drug-likeness (QED) is 0.594. The van der Waals surface area contributed by atoms with Gasteiger partial charge in [-0.15, -0.1) is 0 Å². The molecule has 1 spiro atoms. The van der Waals surface area contributed by atoms with Crippen LogP contribution in [-0.2, 0) is 6.42 Å². The van der Waals surface area contributed by atoms with Crippen LogP contribution in [0.2, 0.25) is 0 Å². The van der Waals surface area contributed by atoms with E-state index in [1.54, 1.807) is 6.20 Å². The molecule has 1 aromatic heterocycles. The number of likely N-dealkylation sites (tertiary alicyclic amines) is 1. The zero-order valence-electron chi connectivity index (χ0n) is 17.1. The van der Waals surface area contributed by atoms with Crippen molar-refractivity contribution in [2.75, 3.05) is 31.2 Å². The number of nitrogens with zero attached hydrogens (tertiary/aromatic N) is 3. The molecule has 0 saturated carbocycles. The number of nitrogens with two attached hydrogens (primary N) is 2. The van der Waals surface area contributed by atoms with E-state index in [9.17, 15) is 9.90 Å². The molecule has 0 unspecified atom stereocenters. The van der Waals surface area contributed by atoms with E-state index in [0.717, 1.165) is 21.2 Å². The van der Waals surface area contributed by atoms with E-state index in [4.69, 9.17) is 20.9 Å². The van der Waals surface area contributed by atoms with Crippen LogP contribution < -0.4 is 20.9 Å². The minimum atomic E-state index is -0.903. The number of rotatable bonds is 4. The summed E-state index contributed by atoms with van der Waals surface area (Å²) in [4.78, 5) is 20.8. The third-order valence-corrected chi connectivity index (χ3v) is 6.21. The van der Waals surface area contributed by atoms with Crippen molar-refractivity contribution in [3.05, 3.63) is 41.1 Å². The molecule has 1 saturated heterocycles.